The van der Waals surface area contributed by atoms with Crippen LogP contribution in [0.3, 0.4) is 0 Å². The highest BCUT2D eigenvalue weighted by Gasteiger charge is 2.28. The first-order valence-corrected chi connectivity index (χ1v) is 6.23. The molecule has 0 aromatic carbocycles. The lowest BCUT2D eigenvalue weighted by Crippen LogP contribution is -2.29. The summed E-state index contributed by atoms with van der Waals surface area (Å²) in [5, 5.41) is 9.37. The third kappa shape index (κ3) is 3.32. The van der Waals surface area contributed by atoms with E-state index in [0.717, 1.165) is 19.1 Å². The molecule has 1 aliphatic carbocycles. The van der Waals surface area contributed by atoms with E-state index in [1.54, 1.807) is 11.3 Å². The highest BCUT2D eigenvalue weighted by molar-refractivity contribution is 7.09. The molecule has 0 unspecified atom stereocenters. The Balaban J connectivity index is 1.86. The Morgan fingerprint density at radius 3 is 2.93 bits per heavy atom. The Morgan fingerprint density at radius 1 is 1.60 bits per heavy atom. The second-order valence-electron chi connectivity index (χ2n) is 4.06. The van der Waals surface area contributed by atoms with Crippen molar-refractivity contribution in [2.75, 3.05) is 6.54 Å². The third-order valence-corrected chi connectivity index (χ3v) is 3.53. The summed E-state index contributed by atoms with van der Waals surface area (Å²) in [6.07, 6.45) is 3.31. The van der Waals surface area contributed by atoms with Gasteiger partial charge in [0.25, 0.3) is 0 Å². The molecule has 1 aromatic heterocycles. The average Bonchev–Trinajstić information content (AvgIpc) is 2.91. The van der Waals surface area contributed by atoms with Gasteiger partial charge in [0.1, 0.15) is 0 Å². The predicted molar refractivity (Wildman–Crippen MR) is 64.3 cm³/mol. The van der Waals surface area contributed by atoms with Gasteiger partial charge in [-0.2, -0.15) is 0 Å². The maximum absolute atomic E-state index is 7.25. The minimum absolute atomic E-state index is 0.298. The van der Waals surface area contributed by atoms with Crippen molar-refractivity contribution in [2.45, 2.75) is 31.8 Å². The molecule has 1 aromatic rings. The molecule has 1 aliphatic rings. The summed E-state index contributed by atoms with van der Waals surface area (Å²) in [6.45, 7) is 1.95. The first kappa shape index (κ1) is 10.6. The number of hydrogen-bond acceptors (Lipinski definition) is 3. The van der Waals surface area contributed by atoms with Crippen molar-refractivity contribution in [1.29, 1.82) is 5.41 Å². The standard InChI is InChI=1S/C11H17N3S/c12-11(13)5-6-14(9-3-4-9)8-10-2-1-7-15-10/h1-2,7,9H,3-6,8H2,(H3,12,13). The molecule has 0 amide bonds. The second-order valence-corrected chi connectivity index (χ2v) is 5.09. The van der Waals surface area contributed by atoms with Crippen molar-refractivity contribution in [3.05, 3.63) is 22.4 Å². The Hall–Kier alpha value is -0.870. The van der Waals surface area contributed by atoms with Crippen LogP contribution in [-0.4, -0.2) is 23.3 Å². The highest BCUT2D eigenvalue weighted by atomic mass is 32.1. The summed E-state index contributed by atoms with van der Waals surface area (Å²) >= 11 is 1.80. The lowest BCUT2D eigenvalue weighted by molar-refractivity contribution is 0.264. The number of hydrogen-bond donors (Lipinski definition) is 2. The summed E-state index contributed by atoms with van der Waals surface area (Å²) in [5.41, 5.74) is 5.39. The molecular weight excluding hydrogens is 206 g/mol. The van der Waals surface area contributed by atoms with E-state index >= 15 is 0 Å². The number of amidine groups is 1. The Bertz CT molecular complexity index is 317. The molecule has 2 rings (SSSR count). The van der Waals surface area contributed by atoms with Crippen molar-refractivity contribution in [3.63, 3.8) is 0 Å². The zero-order chi connectivity index (χ0) is 10.7. The van der Waals surface area contributed by atoms with Gasteiger partial charge in [0.2, 0.25) is 0 Å². The molecule has 4 heteroatoms. The van der Waals surface area contributed by atoms with Crippen molar-refractivity contribution in [3.8, 4) is 0 Å². The molecule has 0 radical (unpaired) electrons. The third-order valence-electron chi connectivity index (χ3n) is 2.67. The van der Waals surface area contributed by atoms with E-state index in [0.29, 0.717) is 12.3 Å². The van der Waals surface area contributed by atoms with Gasteiger partial charge in [-0.05, 0) is 24.3 Å². The Kier molecular flexibility index (Phi) is 3.38. The van der Waals surface area contributed by atoms with E-state index < -0.39 is 0 Å². The lowest BCUT2D eigenvalue weighted by atomic mass is 10.3. The van der Waals surface area contributed by atoms with Gasteiger partial charge in [0.05, 0.1) is 5.84 Å². The summed E-state index contributed by atoms with van der Waals surface area (Å²) in [5.74, 6) is 0.298. The van der Waals surface area contributed by atoms with Gasteiger partial charge < -0.3 is 5.73 Å². The maximum atomic E-state index is 7.25. The van der Waals surface area contributed by atoms with Gasteiger partial charge in [0.15, 0.2) is 0 Å². The quantitative estimate of drug-likeness (QED) is 0.573. The largest absolute Gasteiger partial charge is 0.388 e. The SMILES string of the molecule is N=C(N)CCN(Cc1cccs1)C1CC1. The van der Waals surface area contributed by atoms with Crippen LogP contribution < -0.4 is 5.73 Å². The van der Waals surface area contributed by atoms with Crippen LogP contribution in [0.2, 0.25) is 0 Å². The van der Waals surface area contributed by atoms with Gasteiger partial charge in [-0.25, -0.2) is 0 Å². The van der Waals surface area contributed by atoms with Gasteiger partial charge >= 0.3 is 0 Å². The predicted octanol–water partition coefficient (Wildman–Crippen LogP) is 2.04. The van der Waals surface area contributed by atoms with Crippen LogP contribution in [0.1, 0.15) is 24.1 Å². The molecular formula is C11H17N3S. The first-order chi connectivity index (χ1) is 7.25. The molecule has 1 fully saturated rings. The molecule has 82 valence electrons. The molecule has 0 aliphatic heterocycles. The molecule has 0 bridgehead atoms. The molecule has 3 nitrogen and oxygen atoms in total. The summed E-state index contributed by atoms with van der Waals surface area (Å²) in [4.78, 5) is 3.86. The fourth-order valence-corrected chi connectivity index (χ4v) is 2.43. The molecule has 0 spiro atoms. The van der Waals surface area contributed by atoms with Gasteiger partial charge in [-0.15, -0.1) is 11.3 Å². The first-order valence-electron chi connectivity index (χ1n) is 5.35. The number of nitrogens with zero attached hydrogens (tertiary/aromatic N) is 1. The fraction of sp³-hybridized carbons (Fsp3) is 0.545. The van der Waals surface area contributed by atoms with E-state index in [2.05, 4.69) is 22.4 Å². The number of nitrogens with one attached hydrogen (secondary N) is 1. The lowest BCUT2D eigenvalue weighted by Gasteiger charge is -2.20. The Morgan fingerprint density at radius 2 is 2.40 bits per heavy atom. The minimum atomic E-state index is 0.298. The summed E-state index contributed by atoms with van der Waals surface area (Å²) in [7, 11) is 0. The van der Waals surface area contributed by atoms with Gasteiger partial charge in [0, 0.05) is 30.4 Å². The fourth-order valence-electron chi connectivity index (χ4n) is 1.70. The van der Waals surface area contributed by atoms with Crippen molar-refractivity contribution in [1.82, 2.24) is 4.90 Å². The molecule has 3 N–H and O–H groups in total. The van der Waals surface area contributed by atoms with Crippen LogP contribution in [0, 0.1) is 5.41 Å². The highest BCUT2D eigenvalue weighted by Crippen LogP contribution is 2.29. The maximum Gasteiger partial charge on any atom is 0.0918 e. The normalized spacial score (nSPS) is 15.8. The molecule has 1 saturated carbocycles. The molecule has 0 saturated heterocycles. The monoisotopic (exact) mass is 223 g/mol. The van der Waals surface area contributed by atoms with Gasteiger partial charge in [-0.1, -0.05) is 6.07 Å². The molecule has 1 heterocycles. The van der Waals surface area contributed by atoms with E-state index in [9.17, 15) is 0 Å². The van der Waals surface area contributed by atoms with E-state index in [1.165, 1.54) is 17.7 Å². The number of nitrogens with two attached hydrogens (primary N) is 1. The zero-order valence-corrected chi connectivity index (χ0v) is 9.59. The van der Waals surface area contributed by atoms with Crippen LogP contribution >= 0.6 is 11.3 Å². The van der Waals surface area contributed by atoms with Crippen molar-refractivity contribution < 1.29 is 0 Å². The van der Waals surface area contributed by atoms with Crippen molar-refractivity contribution in [2.24, 2.45) is 5.73 Å². The number of thiophene rings is 1. The van der Waals surface area contributed by atoms with E-state index in [-0.39, 0.29) is 0 Å². The zero-order valence-electron chi connectivity index (χ0n) is 8.78. The van der Waals surface area contributed by atoms with E-state index in [4.69, 9.17) is 11.1 Å². The minimum Gasteiger partial charge on any atom is -0.388 e. The van der Waals surface area contributed by atoms with Crippen LogP contribution in [0.4, 0.5) is 0 Å². The van der Waals surface area contributed by atoms with Crippen LogP contribution in [-0.2, 0) is 6.54 Å². The van der Waals surface area contributed by atoms with Crippen LogP contribution in [0.5, 0.6) is 0 Å². The van der Waals surface area contributed by atoms with Gasteiger partial charge in [-0.3, -0.25) is 10.3 Å². The van der Waals surface area contributed by atoms with Crippen LogP contribution in [0.25, 0.3) is 0 Å². The molecule has 15 heavy (non-hydrogen) atoms. The topological polar surface area (TPSA) is 53.1 Å². The Labute approximate surface area is 94.4 Å². The summed E-state index contributed by atoms with van der Waals surface area (Å²) < 4.78 is 0. The molecule has 0 atom stereocenters. The second kappa shape index (κ2) is 4.77. The number of rotatable bonds is 6. The van der Waals surface area contributed by atoms with Crippen molar-refractivity contribution >= 4 is 17.2 Å². The smallest absolute Gasteiger partial charge is 0.0918 e. The van der Waals surface area contributed by atoms with E-state index in [1.807, 2.05) is 0 Å². The summed E-state index contributed by atoms with van der Waals surface area (Å²) in [6, 6.07) is 5.01. The average molecular weight is 223 g/mol. The van der Waals surface area contributed by atoms with Crippen LogP contribution in [0.15, 0.2) is 17.5 Å².